The van der Waals surface area contributed by atoms with Crippen LogP contribution in [0.25, 0.3) is 0 Å². The largest absolute Gasteiger partial charge is 0.463 e. The molecule has 3 rings (SSSR count). The van der Waals surface area contributed by atoms with E-state index in [-0.39, 0.29) is 12.4 Å². The minimum atomic E-state index is -0.671. The lowest BCUT2D eigenvalue weighted by Crippen LogP contribution is -2.52. The number of carbonyl (C=O) groups excluding carboxylic acids is 1. The molecule has 1 fully saturated rings. The number of hydrogen-bond acceptors (Lipinski definition) is 6. The minimum Gasteiger partial charge on any atom is -0.463 e. The van der Waals surface area contributed by atoms with Crippen molar-refractivity contribution in [2.75, 3.05) is 26.2 Å². The number of carbonyl (C=O) groups is 1. The van der Waals surface area contributed by atoms with E-state index in [1.807, 2.05) is 17.9 Å². The first-order valence-electron chi connectivity index (χ1n) is 9.31. The van der Waals surface area contributed by atoms with Crippen molar-refractivity contribution in [1.82, 2.24) is 15.5 Å². The number of aliphatic imine (C=N–C) groups is 1. The third-order valence-electron chi connectivity index (χ3n) is 4.56. The van der Waals surface area contributed by atoms with Crippen molar-refractivity contribution < 1.29 is 13.9 Å². The Morgan fingerprint density at radius 2 is 2.34 bits per heavy atom. The molecule has 2 aliphatic rings. The van der Waals surface area contributed by atoms with Gasteiger partial charge in [0.25, 0.3) is 0 Å². The van der Waals surface area contributed by atoms with Gasteiger partial charge in [-0.25, -0.2) is 9.18 Å². The van der Waals surface area contributed by atoms with Crippen LogP contribution >= 0.6 is 28.1 Å². The third kappa shape index (κ3) is 4.57. The monoisotopic (exact) mass is 480 g/mol. The summed E-state index contributed by atoms with van der Waals surface area (Å²) < 4.78 is 19.5. The second-order valence-electron chi connectivity index (χ2n) is 6.40. The molecule has 1 aromatic rings. The first kappa shape index (κ1) is 21.6. The number of ether oxygens (including phenoxy) is 1. The number of fused-ring (bicyclic) bond motifs is 1. The van der Waals surface area contributed by atoms with Crippen molar-refractivity contribution in [3.63, 3.8) is 0 Å². The number of benzene rings is 1. The first-order chi connectivity index (χ1) is 14.0. The predicted molar refractivity (Wildman–Crippen MR) is 118 cm³/mol. The zero-order valence-corrected chi connectivity index (χ0v) is 18.6. The Balaban J connectivity index is 2.16. The van der Waals surface area contributed by atoms with Gasteiger partial charge in [-0.2, -0.15) is 0 Å². The van der Waals surface area contributed by atoms with Crippen LogP contribution in [0.1, 0.15) is 25.5 Å². The molecule has 1 saturated heterocycles. The summed E-state index contributed by atoms with van der Waals surface area (Å²) in [6.45, 7) is 5.72. The second-order valence-corrected chi connectivity index (χ2v) is 7.67. The van der Waals surface area contributed by atoms with Gasteiger partial charge in [-0.1, -0.05) is 40.3 Å². The average Bonchev–Trinajstić information content (AvgIpc) is 2.71. The van der Waals surface area contributed by atoms with E-state index in [9.17, 15) is 9.18 Å². The lowest BCUT2D eigenvalue weighted by molar-refractivity contribution is -0.139. The van der Waals surface area contributed by atoms with Crippen LogP contribution in [0.15, 0.2) is 51.2 Å². The summed E-state index contributed by atoms with van der Waals surface area (Å²) in [6, 6.07) is 3.67. The highest BCUT2D eigenvalue weighted by Crippen LogP contribution is 2.38. The van der Waals surface area contributed by atoms with Crippen LogP contribution in [0, 0.1) is 5.82 Å². The maximum absolute atomic E-state index is 13.7. The Bertz CT molecular complexity index is 916. The number of thiocarbonyl (C=S) groups is 1. The summed E-state index contributed by atoms with van der Waals surface area (Å²) in [5.74, 6) is -0.242. The van der Waals surface area contributed by atoms with Crippen molar-refractivity contribution >= 4 is 44.9 Å². The molecule has 0 aromatic heterocycles. The first-order valence-corrected chi connectivity index (χ1v) is 10.5. The number of esters is 1. The molecule has 0 spiro atoms. The molecule has 0 saturated carbocycles. The SMILES string of the molecule is C/C=C\NC(=S)C1=NC(c2ccc(F)cc2Br)C(C(=O)OCC)=C2CNCCN12. The highest BCUT2D eigenvalue weighted by Gasteiger charge is 2.38. The van der Waals surface area contributed by atoms with Gasteiger partial charge in [0.15, 0.2) is 5.84 Å². The Morgan fingerprint density at radius 1 is 1.55 bits per heavy atom. The number of allylic oxidation sites excluding steroid dienone is 1. The molecule has 1 atom stereocenters. The molecule has 6 nitrogen and oxygen atoms in total. The quantitative estimate of drug-likeness (QED) is 0.498. The van der Waals surface area contributed by atoms with Gasteiger partial charge in [-0.05, 0) is 37.7 Å². The Labute approximate surface area is 183 Å². The van der Waals surface area contributed by atoms with Gasteiger partial charge in [-0.15, -0.1) is 0 Å². The number of piperazine rings is 1. The minimum absolute atomic E-state index is 0.248. The van der Waals surface area contributed by atoms with Crippen molar-refractivity contribution in [2.45, 2.75) is 19.9 Å². The lowest BCUT2D eigenvalue weighted by atomic mass is 9.94. The lowest BCUT2D eigenvalue weighted by Gasteiger charge is -2.39. The predicted octanol–water partition coefficient (Wildman–Crippen LogP) is 3.21. The van der Waals surface area contributed by atoms with Crippen LogP contribution in [-0.2, 0) is 9.53 Å². The third-order valence-corrected chi connectivity index (χ3v) is 5.55. The normalized spacial score (nSPS) is 19.1. The van der Waals surface area contributed by atoms with E-state index in [1.165, 1.54) is 12.1 Å². The van der Waals surface area contributed by atoms with Gasteiger partial charge in [0.1, 0.15) is 16.8 Å². The molecular formula is C20H22BrFN4O2S. The van der Waals surface area contributed by atoms with Crippen LogP contribution in [0.5, 0.6) is 0 Å². The molecule has 0 radical (unpaired) electrons. The zero-order chi connectivity index (χ0) is 21.0. The second kappa shape index (κ2) is 9.60. The van der Waals surface area contributed by atoms with Crippen LogP contribution < -0.4 is 10.6 Å². The molecule has 1 aromatic carbocycles. The maximum atomic E-state index is 13.7. The maximum Gasteiger partial charge on any atom is 0.338 e. The molecule has 1 unspecified atom stereocenters. The van der Waals surface area contributed by atoms with Gasteiger partial charge in [-0.3, -0.25) is 4.99 Å². The summed E-state index contributed by atoms with van der Waals surface area (Å²) in [5, 5.41) is 6.35. The number of amidine groups is 1. The molecule has 2 heterocycles. The van der Waals surface area contributed by atoms with Crippen molar-refractivity contribution in [1.29, 1.82) is 0 Å². The molecule has 154 valence electrons. The number of hydrogen-bond donors (Lipinski definition) is 2. The molecular weight excluding hydrogens is 459 g/mol. The summed E-state index contributed by atoms with van der Waals surface area (Å²) >= 11 is 8.97. The van der Waals surface area contributed by atoms with Crippen LogP contribution in [0.4, 0.5) is 4.39 Å². The number of rotatable bonds is 5. The van der Waals surface area contributed by atoms with Crippen LogP contribution in [-0.4, -0.2) is 47.9 Å². The van der Waals surface area contributed by atoms with Gasteiger partial charge < -0.3 is 20.3 Å². The average molecular weight is 481 g/mol. The fraction of sp³-hybridized carbons (Fsp3) is 0.350. The highest BCUT2D eigenvalue weighted by molar-refractivity contribution is 9.10. The summed E-state index contributed by atoms with van der Waals surface area (Å²) in [7, 11) is 0. The highest BCUT2D eigenvalue weighted by atomic mass is 79.9. The summed E-state index contributed by atoms with van der Waals surface area (Å²) in [6.07, 6.45) is 3.57. The van der Waals surface area contributed by atoms with E-state index in [2.05, 4.69) is 26.6 Å². The molecule has 0 aliphatic carbocycles. The Kier molecular flexibility index (Phi) is 7.15. The summed E-state index contributed by atoms with van der Waals surface area (Å²) in [4.78, 5) is 20.1. The van der Waals surface area contributed by atoms with Crippen LogP contribution in [0.2, 0.25) is 0 Å². The van der Waals surface area contributed by atoms with Gasteiger partial charge in [0, 0.05) is 29.8 Å². The fourth-order valence-electron chi connectivity index (χ4n) is 3.31. The number of nitrogens with zero attached hydrogens (tertiary/aromatic N) is 2. The van der Waals surface area contributed by atoms with E-state index in [0.29, 0.717) is 39.5 Å². The fourth-order valence-corrected chi connectivity index (χ4v) is 4.11. The smallest absolute Gasteiger partial charge is 0.338 e. The molecule has 0 bridgehead atoms. The topological polar surface area (TPSA) is 66.0 Å². The van der Waals surface area contributed by atoms with Crippen molar-refractivity contribution in [2.24, 2.45) is 4.99 Å². The molecule has 0 amide bonds. The van der Waals surface area contributed by atoms with E-state index in [0.717, 1.165) is 12.2 Å². The van der Waals surface area contributed by atoms with Crippen LogP contribution in [0.3, 0.4) is 0 Å². The standard InChI is InChI=1S/C20H22BrFN4O2S/c1-3-7-24-19(29)18-25-17(13-6-5-12(22)10-14(13)21)16(20(27)28-4-2)15-11-23-8-9-26(15)18/h3,5-7,10,17,23H,4,8-9,11H2,1-2H3,(H,24,29)/b7-3-. The molecule has 2 N–H and O–H groups in total. The van der Waals surface area contributed by atoms with Crippen molar-refractivity contribution in [3.05, 3.63) is 57.6 Å². The zero-order valence-electron chi connectivity index (χ0n) is 16.2. The number of nitrogens with one attached hydrogen (secondary N) is 2. The summed E-state index contributed by atoms with van der Waals surface area (Å²) in [5.41, 5.74) is 1.87. The van der Waals surface area contributed by atoms with E-state index in [1.54, 1.807) is 19.2 Å². The number of halogens is 2. The van der Waals surface area contributed by atoms with Gasteiger partial charge in [0.05, 0.1) is 12.2 Å². The van der Waals surface area contributed by atoms with E-state index >= 15 is 0 Å². The Morgan fingerprint density at radius 3 is 3.03 bits per heavy atom. The molecule has 29 heavy (non-hydrogen) atoms. The van der Waals surface area contributed by atoms with E-state index < -0.39 is 12.0 Å². The Hall–Kier alpha value is -2.10. The van der Waals surface area contributed by atoms with E-state index in [4.69, 9.17) is 21.9 Å². The van der Waals surface area contributed by atoms with Crippen molar-refractivity contribution in [3.8, 4) is 0 Å². The van der Waals surface area contributed by atoms with Gasteiger partial charge >= 0.3 is 5.97 Å². The molecule has 2 aliphatic heterocycles. The molecule has 9 heteroatoms. The van der Waals surface area contributed by atoms with Gasteiger partial charge in [0.2, 0.25) is 0 Å².